The summed E-state index contributed by atoms with van der Waals surface area (Å²) in [6.45, 7) is 6.50. The summed E-state index contributed by atoms with van der Waals surface area (Å²) in [5.41, 5.74) is 0. The first-order chi connectivity index (χ1) is 2.83. The molecule has 0 rings (SSSR count). The summed E-state index contributed by atoms with van der Waals surface area (Å²) in [5, 5.41) is 0. The molecule has 0 aromatic carbocycles. The van der Waals surface area contributed by atoms with E-state index in [2.05, 4.69) is 0 Å². The summed E-state index contributed by atoms with van der Waals surface area (Å²) in [4.78, 5) is 9.40. The maximum Gasteiger partial charge on any atom is -0.0467 e. The van der Waals surface area contributed by atoms with Gasteiger partial charge < -0.3 is 0 Å². The standard InChI is InChI=1S/C3H5.CHO.Rh/c1-3-2;1-2;/h1,3H,2H3;1H;. The third-order valence-electron chi connectivity index (χ3n) is 0. The van der Waals surface area contributed by atoms with Gasteiger partial charge in [-0.25, -0.2) is 0 Å². The van der Waals surface area contributed by atoms with Gasteiger partial charge in [0.15, 0.2) is 0 Å². The van der Waals surface area contributed by atoms with Crippen LogP contribution >= 0.6 is 0 Å². The molecule has 0 spiro atoms. The molecule has 0 aliphatic carbocycles. The van der Waals surface area contributed by atoms with Crippen LogP contribution in [0, 0.1) is 6.58 Å². The minimum Gasteiger partial charge on any atom is -0.0877 e. The van der Waals surface area contributed by atoms with Crippen LogP contribution in [0.4, 0.5) is 0 Å². The predicted molar refractivity (Wildman–Crippen MR) is 21.3 cm³/mol. The molecule has 0 unspecified atom stereocenters. The molecule has 0 aliphatic heterocycles. The number of rotatable bonds is 0. The Morgan fingerprint density at radius 3 is 1.83 bits per heavy atom. The van der Waals surface area contributed by atoms with Gasteiger partial charge in [0.1, 0.15) is 0 Å². The van der Waals surface area contributed by atoms with Crippen molar-refractivity contribution in [3.8, 4) is 0 Å². The van der Waals surface area contributed by atoms with E-state index >= 15 is 0 Å². The first-order valence-corrected chi connectivity index (χ1v) is 2.28. The van der Waals surface area contributed by atoms with Crippen LogP contribution < -0.4 is 0 Å². The van der Waals surface area contributed by atoms with E-state index in [1.54, 1.807) is 6.92 Å². The Morgan fingerprint density at radius 1 is 1.83 bits per heavy atom. The minimum atomic E-state index is 0.640. The SMILES string of the molecule is O=[CH][Rh].[CH]=CC. The molecule has 0 amide bonds. The van der Waals surface area contributed by atoms with Gasteiger partial charge >= 0.3 is 28.0 Å². The molecule has 2 heteroatoms. The molecule has 0 heterocycles. The Morgan fingerprint density at radius 2 is 1.83 bits per heavy atom. The second kappa shape index (κ2) is 19.8. The van der Waals surface area contributed by atoms with Gasteiger partial charge in [0, 0.05) is 0 Å². The van der Waals surface area contributed by atoms with Gasteiger partial charge in [-0.15, -0.1) is 0 Å². The molecule has 6 heavy (non-hydrogen) atoms. The molecule has 0 aromatic heterocycles. The van der Waals surface area contributed by atoms with Gasteiger partial charge in [0.25, 0.3) is 0 Å². The van der Waals surface area contributed by atoms with E-state index in [1.807, 2.05) is 18.3 Å². The number of carbonyl (C=O) groups is 1. The van der Waals surface area contributed by atoms with Gasteiger partial charge in [0.05, 0.1) is 0 Å². The quantitative estimate of drug-likeness (QED) is 0.389. The molecule has 0 saturated heterocycles. The molecule has 0 fully saturated rings. The molecule has 0 bridgehead atoms. The van der Waals surface area contributed by atoms with Crippen LogP contribution in [0.3, 0.4) is 0 Å². The van der Waals surface area contributed by atoms with Gasteiger partial charge in [-0.1, -0.05) is 12.7 Å². The normalized spacial score (nSPS) is 4.50. The summed E-state index contributed by atoms with van der Waals surface area (Å²) in [6.07, 6.45) is 1.50. The van der Waals surface area contributed by atoms with Crippen molar-refractivity contribution < 1.29 is 23.1 Å². The monoisotopic (exact) mass is 173 g/mol. The average Bonchev–Trinajstić information content (AvgIpc) is 1.39. The number of hydrogen-bond acceptors (Lipinski definition) is 1. The van der Waals surface area contributed by atoms with Crippen molar-refractivity contribution in [3.63, 3.8) is 0 Å². The van der Waals surface area contributed by atoms with Crippen LogP contribution in [-0.2, 0) is 23.1 Å². The Hall–Kier alpha value is 0.0334. The molecule has 37 valence electrons. The van der Waals surface area contributed by atoms with Crippen LogP contribution in [0.25, 0.3) is 0 Å². The van der Waals surface area contributed by atoms with E-state index in [-0.39, 0.29) is 0 Å². The average molecular weight is 173 g/mol. The maximum absolute atomic E-state index is 8.76. The van der Waals surface area contributed by atoms with E-state index in [4.69, 9.17) is 11.4 Å². The van der Waals surface area contributed by atoms with Crippen molar-refractivity contribution in [2.45, 2.75) is 6.92 Å². The molecule has 0 atom stereocenters. The topological polar surface area (TPSA) is 17.1 Å². The number of allylic oxidation sites excluding steroid dienone is 1. The van der Waals surface area contributed by atoms with Crippen molar-refractivity contribution in [1.29, 1.82) is 0 Å². The van der Waals surface area contributed by atoms with Crippen molar-refractivity contribution in [3.05, 3.63) is 12.7 Å². The van der Waals surface area contributed by atoms with Crippen LogP contribution in [0.5, 0.6) is 0 Å². The molecule has 0 N–H and O–H groups in total. The Labute approximate surface area is 48.1 Å². The summed E-state index contributed by atoms with van der Waals surface area (Å²) in [6, 6.07) is 0. The van der Waals surface area contributed by atoms with Gasteiger partial charge in [-0.05, 0) is 6.92 Å². The predicted octanol–water partition coefficient (Wildman–Crippen LogP) is 0.719. The van der Waals surface area contributed by atoms with Crippen molar-refractivity contribution in [2.75, 3.05) is 0 Å². The molecule has 0 saturated carbocycles. The minimum absolute atomic E-state index is 0.640. The zero-order chi connectivity index (χ0) is 5.41. The van der Waals surface area contributed by atoms with Gasteiger partial charge in [-0.2, -0.15) is 0 Å². The fourth-order valence-corrected chi connectivity index (χ4v) is 0. The van der Waals surface area contributed by atoms with Crippen molar-refractivity contribution >= 4 is 4.88 Å². The fourth-order valence-electron chi connectivity index (χ4n) is 0. The first kappa shape index (κ1) is 9.40. The smallest absolute Gasteiger partial charge is 0.0467 e. The van der Waals surface area contributed by atoms with Crippen LogP contribution in [-0.4, -0.2) is 4.88 Å². The third kappa shape index (κ3) is 33300. The Balaban J connectivity index is 0. The van der Waals surface area contributed by atoms with Gasteiger partial charge in [-0.3, -0.25) is 0 Å². The summed E-state index contributed by atoms with van der Waals surface area (Å²) >= 11 is 2.04. The van der Waals surface area contributed by atoms with E-state index in [0.29, 0.717) is 4.88 Å². The maximum atomic E-state index is 8.76. The van der Waals surface area contributed by atoms with Crippen molar-refractivity contribution in [1.82, 2.24) is 0 Å². The van der Waals surface area contributed by atoms with Crippen molar-refractivity contribution in [2.24, 2.45) is 0 Å². The zero-order valence-electron chi connectivity index (χ0n) is 3.47. The van der Waals surface area contributed by atoms with E-state index < -0.39 is 0 Å². The van der Waals surface area contributed by atoms with E-state index in [1.165, 1.54) is 6.08 Å². The molecular weight excluding hydrogens is 167 g/mol. The van der Waals surface area contributed by atoms with Crippen LogP contribution in [0.1, 0.15) is 6.92 Å². The largest absolute Gasteiger partial charge is 0.0877 e. The van der Waals surface area contributed by atoms with Crippen LogP contribution in [0.15, 0.2) is 6.08 Å². The Bertz CT molecular complexity index is 28.5. The second-order valence-corrected chi connectivity index (χ2v) is 0.798. The zero-order valence-corrected chi connectivity index (χ0v) is 5.11. The summed E-state index contributed by atoms with van der Waals surface area (Å²) < 4.78 is 0. The molecule has 1 radical (unpaired) electrons. The summed E-state index contributed by atoms with van der Waals surface area (Å²) in [5.74, 6) is 0. The number of carbonyl (C=O) groups excluding carboxylic acids is 1. The van der Waals surface area contributed by atoms with Crippen LogP contribution in [0.2, 0.25) is 0 Å². The van der Waals surface area contributed by atoms with E-state index in [0.717, 1.165) is 0 Å². The number of hydrogen-bond donors (Lipinski definition) is 0. The summed E-state index contributed by atoms with van der Waals surface area (Å²) in [7, 11) is 0. The van der Waals surface area contributed by atoms with E-state index in [9.17, 15) is 0 Å². The third-order valence-corrected chi connectivity index (χ3v) is 0. The Kier molecular flexibility index (Phi) is 31.0. The molecule has 0 aromatic rings. The fraction of sp³-hybridized carbons (Fsp3) is 0.250. The second-order valence-electron chi connectivity index (χ2n) is 0.412. The van der Waals surface area contributed by atoms with Gasteiger partial charge in [0.2, 0.25) is 0 Å². The first-order valence-electron chi connectivity index (χ1n) is 1.34. The molecular formula is C4H6ORh. The molecule has 1 nitrogen and oxygen atoms in total. The molecule has 0 aliphatic rings.